The first-order chi connectivity index (χ1) is 7.34. The second-order valence-corrected chi connectivity index (χ2v) is 3.61. The summed E-state index contributed by atoms with van der Waals surface area (Å²) in [5, 5.41) is 3.40. The smallest absolute Gasteiger partial charge is 0.0948 e. The summed E-state index contributed by atoms with van der Waals surface area (Å²) in [5.41, 5.74) is 0. The van der Waals surface area contributed by atoms with Crippen LogP contribution >= 0.6 is 0 Å². The normalized spacial score (nSPS) is 12.9. The summed E-state index contributed by atoms with van der Waals surface area (Å²) < 4.78 is 7.36. The van der Waals surface area contributed by atoms with Crippen molar-refractivity contribution in [2.75, 3.05) is 26.3 Å². The highest BCUT2D eigenvalue weighted by molar-refractivity contribution is 4.79. The van der Waals surface area contributed by atoms with Gasteiger partial charge in [0.2, 0.25) is 0 Å². The first-order valence-electron chi connectivity index (χ1n) is 5.60. The van der Waals surface area contributed by atoms with Crippen molar-refractivity contribution in [1.82, 2.24) is 14.9 Å². The van der Waals surface area contributed by atoms with E-state index in [4.69, 9.17) is 4.74 Å². The molecule has 0 spiro atoms. The maximum absolute atomic E-state index is 5.26. The molecule has 0 radical (unpaired) electrons. The van der Waals surface area contributed by atoms with Crippen molar-refractivity contribution < 1.29 is 4.74 Å². The van der Waals surface area contributed by atoms with Crippen LogP contribution in [0.2, 0.25) is 0 Å². The van der Waals surface area contributed by atoms with Crippen LogP contribution in [0.4, 0.5) is 0 Å². The molecule has 0 fully saturated rings. The fourth-order valence-electron chi connectivity index (χ4n) is 1.39. The molecule has 1 heterocycles. The maximum Gasteiger partial charge on any atom is 0.0948 e. The molecule has 0 aliphatic rings. The quantitative estimate of drug-likeness (QED) is 0.662. The third-order valence-corrected chi connectivity index (χ3v) is 2.32. The maximum atomic E-state index is 5.26. The average Bonchev–Trinajstić information content (AvgIpc) is 2.76. The third kappa shape index (κ3) is 4.95. The Morgan fingerprint density at radius 3 is 3.07 bits per heavy atom. The zero-order valence-electron chi connectivity index (χ0n) is 9.65. The molecule has 0 saturated carbocycles. The minimum atomic E-state index is 0.458. The van der Waals surface area contributed by atoms with E-state index >= 15 is 0 Å². The Bertz CT molecular complexity index is 236. The predicted molar refractivity (Wildman–Crippen MR) is 60.9 cm³/mol. The van der Waals surface area contributed by atoms with E-state index in [-0.39, 0.29) is 0 Å². The molecule has 1 unspecified atom stereocenters. The molecule has 0 amide bonds. The van der Waals surface area contributed by atoms with E-state index in [1.165, 1.54) is 0 Å². The summed E-state index contributed by atoms with van der Waals surface area (Å²) in [6.07, 6.45) is 6.73. The minimum Gasteiger partial charge on any atom is -0.382 e. The molecule has 1 N–H and O–H groups in total. The van der Waals surface area contributed by atoms with E-state index in [9.17, 15) is 0 Å². The summed E-state index contributed by atoms with van der Waals surface area (Å²) in [6, 6.07) is 0.458. The minimum absolute atomic E-state index is 0.458. The van der Waals surface area contributed by atoms with Gasteiger partial charge in [-0.2, -0.15) is 0 Å². The summed E-state index contributed by atoms with van der Waals surface area (Å²) in [6.45, 7) is 7.85. The highest BCUT2D eigenvalue weighted by atomic mass is 16.5. The average molecular weight is 211 g/mol. The van der Waals surface area contributed by atoms with Crippen LogP contribution in [0.25, 0.3) is 0 Å². The summed E-state index contributed by atoms with van der Waals surface area (Å²) in [4.78, 5) is 4.03. The van der Waals surface area contributed by atoms with Crippen molar-refractivity contribution in [2.24, 2.45) is 0 Å². The van der Waals surface area contributed by atoms with Crippen LogP contribution in [0.1, 0.15) is 26.3 Å². The number of rotatable bonds is 8. The Morgan fingerprint density at radius 1 is 1.53 bits per heavy atom. The molecule has 86 valence electrons. The van der Waals surface area contributed by atoms with Gasteiger partial charge in [0.15, 0.2) is 0 Å². The number of nitrogens with one attached hydrogen (secondary N) is 1. The summed E-state index contributed by atoms with van der Waals surface area (Å²) >= 11 is 0. The van der Waals surface area contributed by atoms with E-state index in [2.05, 4.69) is 21.8 Å². The molecular formula is C11H21N3O. The molecule has 0 aromatic carbocycles. The van der Waals surface area contributed by atoms with Crippen molar-refractivity contribution in [3.8, 4) is 0 Å². The number of hydrogen-bond donors (Lipinski definition) is 1. The van der Waals surface area contributed by atoms with E-state index in [0.717, 1.165) is 32.7 Å². The van der Waals surface area contributed by atoms with Crippen LogP contribution in [0.3, 0.4) is 0 Å². The van der Waals surface area contributed by atoms with Gasteiger partial charge in [-0.3, -0.25) is 0 Å². The lowest BCUT2D eigenvalue weighted by molar-refractivity contribution is 0.144. The Hall–Kier alpha value is -0.870. The SMILES string of the molecule is CCOCCCNCC(C)n1ccnc1. The van der Waals surface area contributed by atoms with Gasteiger partial charge in [-0.25, -0.2) is 4.98 Å². The number of imidazole rings is 1. The Labute approximate surface area is 91.7 Å². The zero-order valence-corrected chi connectivity index (χ0v) is 9.65. The lowest BCUT2D eigenvalue weighted by atomic mass is 10.3. The summed E-state index contributed by atoms with van der Waals surface area (Å²) in [7, 11) is 0. The first kappa shape index (κ1) is 12.2. The van der Waals surface area contributed by atoms with E-state index < -0.39 is 0 Å². The number of aromatic nitrogens is 2. The topological polar surface area (TPSA) is 39.1 Å². The third-order valence-electron chi connectivity index (χ3n) is 2.32. The van der Waals surface area contributed by atoms with Crippen LogP contribution < -0.4 is 5.32 Å². The van der Waals surface area contributed by atoms with Gasteiger partial charge in [0.05, 0.1) is 6.33 Å². The molecule has 1 atom stereocenters. The Kier molecular flexibility index (Phi) is 6.04. The molecule has 1 aromatic heterocycles. The molecule has 15 heavy (non-hydrogen) atoms. The van der Waals surface area contributed by atoms with Crippen molar-refractivity contribution in [2.45, 2.75) is 26.3 Å². The molecule has 0 saturated heterocycles. The largest absolute Gasteiger partial charge is 0.382 e. The van der Waals surface area contributed by atoms with Crippen LogP contribution in [0.15, 0.2) is 18.7 Å². The van der Waals surface area contributed by atoms with Gasteiger partial charge in [-0.1, -0.05) is 0 Å². The van der Waals surface area contributed by atoms with Gasteiger partial charge in [-0.05, 0) is 26.8 Å². The van der Waals surface area contributed by atoms with Gasteiger partial charge in [0, 0.05) is 38.2 Å². The van der Waals surface area contributed by atoms with Crippen molar-refractivity contribution in [3.05, 3.63) is 18.7 Å². The van der Waals surface area contributed by atoms with Gasteiger partial charge in [0.1, 0.15) is 0 Å². The Morgan fingerprint density at radius 2 is 2.40 bits per heavy atom. The standard InChI is InChI=1S/C11H21N3O/c1-3-15-8-4-5-12-9-11(2)14-7-6-13-10-14/h6-7,10-12H,3-5,8-9H2,1-2H3. The van der Waals surface area contributed by atoms with E-state index in [0.29, 0.717) is 6.04 Å². The van der Waals surface area contributed by atoms with E-state index in [1.807, 2.05) is 25.6 Å². The summed E-state index contributed by atoms with van der Waals surface area (Å²) in [5.74, 6) is 0. The molecular weight excluding hydrogens is 190 g/mol. The van der Waals surface area contributed by atoms with Gasteiger partial charge in [-0.15, -0.1) is 0 Å². The fraction of sp³-hybridized carbons (Fsp3) is 0.727. The molecule has 4 heteroatoms. The van der Waals surface area contributed by atoms with Crippen molar-refractivity contribution >= 4 is 0 Å². The van der Waals surface area contributed by atoms with Gasteiger partial charge in [0.25, 0.3) is 0 Å². The van der Waals surface area contributed by atoms with Gasteiger partial charge >= 0.3 is 0 Å². The molecule has 1 aromatic rings. The van der Waals surface area contributed by atoms with Crippen LogP contribution in [0, 0.1) is 0 Å². The lowest BCUT2D eigenvalue weighted by Gasteiger charge is -2.13. The fourth-order valence-corrected chi connectivity index (χ4v) is 1.39. The van der Waals surface area contributed by atoms with Crippen molar-refractivity contribution in [3.63, 3.8) is 0 Å². The number of ether oxygens (including phenoxy) is 1. The monoisotopic (exact) mass is 211 g/mol. The highest BCUT2D eigenvalue weighted by Crippen LogP contribution is 2.01. The van der Waals surface area contributed by atoms with E-state index in [1.54, 1.807) is 0 Å². The van der Waals surface area contributed by atoms with Crippen LogP contribution in [-0.4, -0.2) is 35.9 Å². The highest BCUT2D eigenvalue weighted by Gasteiger charge is 2.01. The second-order valence-electron chi connectivity index (χ2n) is 3.61. The Balaban J connectivity index is 2.00. The predicted octanol–water partition coefficient (Wildman–Crippen LogP) is 1.46. The molecule has 4 nitrogen and oxygen atoms in total. The molecule has 1 rings (SSSR count). The van der Waals surface area contributed by atoms with Gasteiger partial charge < -0.3 is 14.6 Å². The zero-order chi connectivity index (χ0) is 10.9. The lowest BCUT2D eigenvalue weighted by Crippen LogP contribution is -2.24. The molecule has 0 aliphatic carbocycles. The number of hydrogen-bond acceptors (Lipinski definition) is 3. The van der Waals surface area contributed by atoms with Crippen LogP contribution in [0.5, 0.6) is 0 Å². The number of nitrogens with zero attached hydrogens (tertiary/aromatic N) is 2. The molecule has 0 aliphatic heterocycles. The van der Waals surface area contributed by atoms with Crippen molar-refractivity contribution in [1.29, 1.82) is 0 Å². The second kappa shape index (κ2) is 7.43. The molecule has 0 bridgehead atoms. The first-order valence-corrected chi connectivity index (χ1v) is 5.60. The van der Waals surface area contributed by atoms with Crippen LogP contribution in [-0.2, 0) is 4.74 Å².